The van der Waals surface area contributed by atoms with Crippen molar-refractivity contribution >= 4 is 34.9 Å². The number of carbonyl (C=O) groups is 1. The Kier molecular flexibility index (Phi) is 7.38. The highest BCUT2D eigenvalue weighted by molar-refractivity contribution is 7.07. The van der Waals surface area contributed by atoms with Crippen LogP contribution >= 0.6 is 23.1 Å². The summed E-state index contributed by atoms with van der Waals surface area (Å²) in [5, 5.41) is 3.31. The van der Waals surface area contributed by atoms with E-state index in [-0.39, 0.29) is 25.3 Å². The molecule has 4 N–H and O–H groups in total. The molecule has 14 heteroatoms. The van der Waals surface area contributed by atoms with Crippen molar-refractivity contribution in [3.8, 4) is 10.9 Å². The van der Waals surface area contributed by atoms with Gasteiger partial charge in [-0.2, -0.15) is 9.36 Å². The second-order valence-electron chi connectivity index (χ2n) is 7.11. The van der Waals surface area contributed by atoms with Crippen molar-refractivity contribution in [1.82, 2.24) is 28.8 Å². The molecule has 0 bridgehead atoms. The van der Waals surface area contributed by atoms with E-state index in [4.69, 9.17) is 22.1 Å². The lowest BCUT2D eigenvalue weighted by Gasteiger charge is -2.11. The Morgan fingerprint density at radius 2 is 1.89 bits per heavy atom. The average molecular weight is 515 g/mol. The van der Waals surface area contributed by atoms with E-state index in [0.717, 1.165) is 21.7 Å². The van der Waals surface area contributed by atoms with Crippen LogP contribution in [-0.2, 0) is 13.1 Å². The molecule has 0 spiro atoms. The zero-order valence-electron chi connectivity index (χ0n) is 18.1. The third-order valence-corrected chi connectivity index (χ3v) is 5.48. The maximum atomic E-state index is 13.2. The first kappa shape index (κ1) is 23.9. The minimum atomic E-state index is -0.756. The summed E-state index contributed by atoms with van der Waals surface area (Å²) in [7, 11) is 0. The molecule has 0 fully saturated rings. The van der Waals surface area contributed by atoms with E-state index in [0.29, 0.717) is 21.7 Å². The molecule has 0 aliphatic rings. The number of aromatic nitrogens is 5. The van der Waals surface area contributed by atoms with Crippen LogP contribution in [-0.4, -0.2) is 36.1 Å². The molecule has 4 aromatic rings. The minimum absolute atomic E-state index is 0.00579. The first-order valence-corrected chi connectivity index (χ1v) is 11.4. The van der Waals surface area contributed by atoms with Crippen LogP contribution in [0, 0.1) is 0 Å². The second-order valence-corrected chi connectivity index (χ2v) is 8.29. The summed E-state index contributed by atoms with van der Waals surface area (Å²) in [6.45, 7) is 0.0502. The number of primary amides is 1. The number of aromatic amines is 1. The highest BCUT2D eigenvalue weighted by Gasteiger charge is 2.10. The van der Waals surface area contributed by atoms with Gasteiger partial charge in [0.2, 0.25) is 5.62 Å². The number of hydrogen-bond donors (Lipinski definition) is 3. The molecule has 180 valence electrons. The number of halogens is 1. The summed E-state index contributed by atoms with van der Waals surface area (Å²) in [5.74, 6) is 0.528. The highest BCUT2D eigenvalue weighted by atomic mass is 35.5. The van der Waals surface area contributed by atoms with Gasteiger partial charge in [0.05, 0.1) is 12.2 Å². The lowest BCUT2D eigenvalue weighted by Crippen LogP contribution is -2.51. The van der Waals surface area contributed by atoms with Crippen molar-refractivity contribution in [2.45, 2.75) is 13.1 Å². The zero-order chi connectivity index (χ0) is 24.8. The van der Waals surface area contributed by atoms with Gasteiger partial charge >= 0.3 is 17.4 Å². The van der Waals surface area contributed by atoms with E-state index in [1.54, 1.807) is 48.5 Å². The molecule has 0 unspecified atom stereocenters. The maximum absolute atomic E-state index is 13.2. The van der Waals surface area contributed by atoms with Gasteiger partial charge in [0.25, 0.3) is 5.19 Å². The van der Waals surface area contributed by atoms with Gasteiger partial charge in [0.15, 0.2) is 0 Å². The van der Waals surface area contributed by atoms with Gasteiger partial charge in [-0.25, -0.2) is 23.9 Å². The summed E-state index contributed by atoms with van der Waals surface area (Å²) in [6.07, 6.45) is 1.39. The standard InChI is InChI=1S/C21H19ClN8O4S/c22-14-3-1-13(2-4-14)11-30-18(28-19(32)29(21(30)33)10-9-24-17(23)31)27-15-5-7-16(8-6-15)34-20-25-12-26-35-20/h1-8,12H,9-11H2,(H3,23,24,31)(H,27,28,32). The van der Waals surface area contributed by atoms with Gasteiger partial charge < -0.3 is 15.8 Å². The first-order chi connectivity index (χ1) is 16.9. The summed E-state index contributed by atoms with van der Waals surface area (Å²) in [6, 6.07) is 12.9. The van der Waals surface area contributed by atoms with Gasteiger partial charge in [0.1, 0.15) is 12.1 Å². The number of rotatable bonds is 8. The molecule has 2 aromatic carbocycles. The number of H-pyrrole nitrogens is 1. The van der Waals surface area contributed by atoms with Crippen LogP contribution in [0.3, 0.4) is 0 Å². The molecule has 0 radical (unpaired) electrons. The summed E-state index contributed by atoms with van der Waals surface area (Å²) in [5.41, 5.74) is 5.07. The molecule has 0 atom stereocenters. The molecular formula is C21H19ClN8O4S. The average Bonchev–Trinajstić information content (AvgIpc) is 3.34. The van der Waals surface area contributed by atoms with Gasteiger partial charge in [0, 0.05) is 29.6 Å². The quantitative estimate of drug-likeness (QED) is 0.323. The van der Waals surface area contributed by atoms with E-state index in [1.807, 2.05) is 0 Å². The largest absolute Gasteiger partial charge is 0.430 e. The van der Waals surface area contributed by atoms with Crippen molar-refractivity contribution in [2.75, 3.05) is 6.54 Å². The summed E-state index contributed by atoms with van der Waals surface area (Å²) >= 11 is 7.08. The van der Waals surface area contributed by atoms with Crippen LogP contribution in [0.4, 0.5) is 10.5 Å². The number of ether oxygens (including phenoxy) is 1. The van der Waals surface area contributed by atoms with Crippen LogP contribution < -0.4 is 32.8 Å². The molecule has 0 aliphatic heterocycles. The van der Waals surface area contributed by atoms with Crippen LogP contribution in [0.5, 0.6) is 10.9 Å². The Morgan fingerprint density at radius 3 is 2.54 bits per heavy atom. The van der Waals surface area contributed by atoms with E-state index < -0.39 is 17.4 Å². The Labute approximate surface area is 206 Å². The predicted molar refractivity (Wildman–Crippen MR) is 129 cm³/mol. The Balaban J connectivity index is 1.72. The molecule has 2 amide bonds. The minimum Gasteiger partial charge on any atom is -0.430 e. The lowest BCUT2D eigenvalue weighted by atomic mass is 10.2. The van der Waals surface area contributed by atoms with Crippen LogP contribution in [0.25, 0.3) is 0 Å². The molecule has 0 aliphatic carbocycles. The molecule has 4 rings (SSSR count). The lowest BCUT2D eigenvalue weighted by molar-refractivity contribution is 0.248. The van der Waals surface area contributed by atoms with Crippen LogP contribution in [0.15, 0.2) is 69.4 Å². The summed E-state index contributed by atoms with van der Waals surface area (Å²) < 4.78 is 11.7. The Bertz CT molecular complexity index is 1490. The first-order valence-electron chi connectivity index (χ1n) is 10.2. The fourth-order valence-electron chi connectivity index (χ4n) is 3.06. The van der Waals surface area contributed by atoms with Crippen LogP contribution in [0.2, 0.25) is 5.02 Å². The third-order valence-electron chi connectivity index (χ3n) is 4.69. The molecule has 0 saturated heterocycles. The molecule has 2 aromatic heterocycles. The van der Waals surface area contributed by atoms with Gasteiger partial charge in [-0.3, -0.25) is 9.55 Å². The van der Waals surface area contributed by atoms with Gasteiger partial charge in [-0.1, -0.05) is 23.7 Å². The molecule has 12 nitrogen and oxygen atoms in total. The third kappa shape index (κ3) is 6.22. The number of hydrogen-bond acceptors (Lipinski definition) is 8. The summed E-state index contributed by atoms with van der Waals surface area (Å²) in [4.78, 5) is 47.9. The highest BCUT2D eigenvalue weighted by Crippen LogP contribution is 2.24. The van der Waals surface area contributed by atoms with E-state index in [1.165, 1.54) is 10.9 Å². The van der Waals surface area contributed by atoms with E-state index in [9.17, 15) is 14.4 Å². The topological polar surface area (TPSA) is 162 Å². The van der Waals surface area contributed by atoms with Gasteiger partial charge in [-0.05, 0) is 42.0 Å². The fourth-order valence-corrected chi connectivity index (χ4v) is 3.60. The SMILES string of the molecule is NC(=O)NCCn1c(=O)[nH]/c(=N\c2ccc(Oc3ncns3)cc2)n(Cc2ccc(Cl)cc2)c1=O. The van der Waals surface area contributed by atoms with Crippen molar-refractivity contribution in [3.05, 3.63) is 92.0 Å². The monoisotopic (exact) mass is 514 g/mol. The Hall–Kier alpha value is -4.23. The van der Waals surface area contributed by atoms with Gasteiger partial charge in [-0.15, -0.1) is 0 Å². The fraction of sp³-hybridized carbons (Fsp3) is 0.143. The van der Waals surface area contributed by atoms with E-state index in [2.05, 4.69) is 24.7 Å². The predicted octanol–water partition coefficient (Wildman–Crippen LogP) is 1.58. The van der Waals surface area contributed by atoms with Crippen molar-refractivity contribution < 1.29 is 9.53 Å². The number of amides is 2. The number of benzene rings is 2. The van der Waals surface area contributed by atoms with E-state index >= 15 is 0 Å². The molecule has 0 saturated carbocycles. The molecule has 35 heavy (non-hydrogen) atoms. The van der Waals surface area contributed by atoms with Crippen LogP contribution in [0.1, 0.15) is 5.56 Å². The number of nitrogens with zero attached hydrogens (tertiary/aromatic N) is 5. The van der Waals surface area contributed by atoms with Crippen molar-refractivity contribution in [3.63, 3.8) is 0 Å². The molecular weight excluding hydrogens is 496 g/mol. The number of carbonyl (C=O) groups excluding carboxylic acids is 1. The van der Waals surface area contributed by atoms with Crippen molar-refractivity contribution in [1.29, 1.82) is 0 Å². The second kappa shape index (κ2) is 10.8. The maximum Gasteiger partial charge on any atom is 0.335 e. The zero-order valence-corrected chi connectivity index (χ0v) is 19.6. The Morgan fingerprint density at radius 1 is 1.14 bits per heavy atom. The smallest absolute Gasteiger partial charge is 0.335 e. The number of nitrogens with one attached hydrogen (secondary N) is 2. The number of nitrogens with two attached hydrogens (primary N) is 1. The number of urea groups is 1. The molecule has 2 heterocycles. The van der Waals surface area contributed by atoms with Crippen molar-refractivity contribution in [2.24, 2.45) is 10.7 Å². The normalized spacial score (nSPS) is 11.4.